The van der Waals surface area contributed by atoms with Crippen molar-refractivity contribution >= 4 is 0 Å². The molecule has 0 radical (unpaired) electrons. The van der Waals surface area contributed by atoms with Crippen molar-refractivity contribution in [1.29, 1.82) is 0 Å². The van der Waals surface area contributed by atoms with Crippen LogP contribution in [0.15, 0.2) is 24.3 Å². The van der Waals surface area contributed by atoms with Crippen LogP contribution in [0.5, 0.6) is 5.75 Å². The Hall–Kier alpha value is -1.66. The lowest BCUT2D eigenvalue weighted by molar-refractivity contribution is -0.528. The highest BCUT2D eigenvalue weighted by atomic mass is 16.6. The van der Waals surface area contributed by atoms with E-state index >= 15 is 0 Å². The third-order valence-electron chi connectivity index (χ3n) is 2.28. The van der Waals surface area contributed by atoms with Crippen molar-refractivity contribution < 1.29 is 14.5 Å². The number of benzene rings is 1. The number of nitrogens with one attached hydrogen (secondary N) is 1. The van der Waals surface area contributed by atoms with Crippen molar-refractivity contribution in [2.75, 3.05) is 20.3 Å². The van der Waals surface area contributed by atoms with Crippen LogP contribution in [-0.2, 0) is 4.84 Å². The van der Waals surface area contributed by atoms with E-state index in [1.807, 2.05) is 6.92 Å². The quantitative estimate of drug-likeness (QED) is 0.444. The molecule has 1 aromatic rings. The van der Waals surface area contributed by atoms with E-state index < -0.39 is 6.04 Å². The first-order valence-electron chi connectivity index (χ1n) is 5.31. The van der Waals surface area contributed by atoms with Gasteiger partial charge in [-0.1, -0.05) is 0 Å². The minimum Gasteiger partial charge on any atom is -0.497 e. The second-order valence-corrected chi connectivity index (χ2v) is 3.36. The monoisotopic (exact) mass is 240 g/mol. The zero-order valence-corrected chi connectivity index (χ0v) is 9.88. The zero-order chi connectivity index (χ0) is 12.7. The van der Waals surface area contributed by atoms with Crippen LogP contribution < -0.4 is 10.2 Å². The largest absolute Gasteiger partial charge is 0.497 e. The molecule has 0 aliphatic heterocycles. The molecule has 1 aromatic carbocycles. The van der Waals surface area contributed by atoms with E-state index in [4.69, 9.17) is 9.57 Å². The molecule has 0 aliphatic rings. The molecule has 0 fully saturated rings. The molecule has 1 rings (SSSR count). The second kappa shape index (κ2) is 6.82. The van der Waals surface area contributed by atoms with Crippen LogP contribution in [0.4, 0.5) is 0 Å². The van der Waals surface area contributed by atoms with Gasteiger partial charge in [-0.25, -0.2) is 0 Å². The van der Waals surface area contributed by atoms with Gasteiger partial charge in [-0.3, -0.25) is 10.1 Å². The molecule has 6 heteroatoms. The summed E-state index contributed by atoms with van der Waals surface area (Å²) in [4.78, 5) is 15.5. The van der Waals surface area contributed by atoms with Gasteiger partial charge in [0.2, 0.25) is 0 Å². The Morgan fingerprint density at radius 3 is 2.53 bits per heavy atom. The van der Waals surface area contributed by atoms with Crippen molar-refractivity contribution in [1.82, 2.24) is 5.48 Å². The lowest BCUT2D eigenvalue weighted by atomic mass is 10.1. The lowest BCUT2D eigenvalue weighted by Gasteiger charge is -2.11. The summed E-state index contributed by atoms with van der Waals surface area (Å²) in [6.07, 6.45) is 0. The summed E-state index contributed by atoms with van der Waals surface area (Å²) >= 11 is 0. The van der Waals surface area contributed by atoms with Gasteiger partial charge in [-0.2, -0.15) is 5.48 Å². The molecule has 0 saturated heterocycles. The Labute approximate surface area is 99.6 Å². The predicted molar refractivity (Wildman–Crippen MR) is 62.4 cm³/mol. The Bertz CT molecular complexity index is 353. The molecule has 0 spiro atoms. The summed E-state index contributed by atoms with van der Waals surface area (Å²) in [6, 6.07) is 5.94. The van der Waals surface area contributed by atoms with Crippen molar-refractivity contribution in [3.63, 3.8) is 0 Å². The van der Waals surface area contributed by atoms with E-state index in [1.54, 1.807) is 31.4 Å². The van der Waals surface area contributed by atoms with E-state index in [1.165, 1.54) is 0 Å². The van der Waals surface area contributed by atoms with Crippen LogP contribution in [0.1, 0.15) is 18.5 Å². The maximum Gasteiger partial charge on any atom is 0.252 e. The Kier molecular flexibility index (Phi) is 5.38. The molecule has 1 unspecified atom stereocenters. The van der Waals surface area contributed by atoms with Crippen LogP contribution >= 0.6 is 0 Å². The van der Waals surface area contributed by atoms with Gasteiger partial charge in [0.05, 0.1) is 20.3 Å². The first-order valence-corrected chi connectivity index (χ1v) is 5.31. The van der Waals surface area contributed by atoms with Crippen molar-refractivity contribution in [3.8, 4) is 5.75 Å². The minimum atomic E-state index is -0.826. The molecule has 94 valence electrons. The van der Waals surface area contributed by atoms with Crippen LogP contribution in [0.25, 0.3) is 0 Å². The van der Waals surface area contributed by atoms with Gasteiger partial charge in [-0.15, -0.1) is 0 Å². The van der Waals surface area contributed by atoms with Gasteiger partial charge in [0.15, 0.2) is 0 Å². The fraction of sp³-hybridized carbons (Fsp3) is 0.455. The summed E-state index contributed by atoms with van der Waals surface area (Å²) in [5.74, 6) is 0.675. The van der Waals surface area contributed by atoms with Crippen LogP contribution in [0.2, 0.25) is 0 Å². The van der Waals surface area contributed by atoms with Gasteiger partial charge in [0, 0.05) is 10.5 Å². The molecule has 0 bridgehead atoms. The summed E-state index contributed by atoms with van der Waals surface area (Å²) < 4.78 is 5.00. The number of hydrogen-bond donors (Lipinski definition) is 1. The van der Waals surface area contributed by atoms with Crippen LogP contribution in [0.3, 0.4) is 0 Å². The average Bonchev–Trinajstić information content (AvgIpc) is 2.34. The molecular weight excluding hydrogens is 224 g/mol. The molecule has 0 amide bonds. The predicted octanol–water partition coefficient (Wildman–Crippen LogP) is 1.55. The fourth-order valence-corrected chi connectivity index (χ4v) is 1.38. The third-order valence-corrected chi connectivity index (χ3v) is 2.28. The number of nitro groups is 1. The van der Waals surface area contributed by atoms with E-state index in [9.17, 15) is 10.1 Å². The number of ether oxygens (including phenoxy) is 1. The first-order chi connectivity index (χ1) is 8.19. The number of hydrogen-bond acceptors (Lipinski definition) is 5. The summed E-state index contributed by atoms with van der Waals surface area (Å²) in [5.41, 5.74) is 3.18. The molecule has 1 N–H and O–H groups in total. The number of hydroxylamine groups is 1. The molecule has 0 aliphatic carbocycles. The van der Waals surface area contributed by atoms with E-state index in [0.717, 1.165) is 0 Å². The van der Waals surface area contributed by atoms with Crippen molar-refractivity contribution in [3.05, 3.63) is 39.9 Å². The number of nitrogens with zero attached hydrogens (tertiary/aromatic N) is 1. The van der Waals surface area contributed by atoms with Crippen molar-refractivity contribution in [2.24, 2.45) is 0 Å². The highest BCUT2D eigenvalue weighted by Crippen LogP contribution is 2.19. The van der Waals surface area contributed by atoms with Gasteiger partial charge < -0.3 is 9.57 Å². The number of rotatable bonds is 7. The Morgan fingerprint density at radius 2 is 2.06 bits per heavy atom. The molecule has 17 heavy (non-hydrogen) atoms. The molecule has 0 aromatic heterocycles. The summed E-state index contributed by atoms with van der Waals surface area (Å²) in [7, 11) is 1.55. The standard InChI is InChI=1S/C11H16N2O4/c1-3-17-12-8-11(13(14)15)9-4-6-10(16-2)7-5-9/h4-7,11-12H,3,8H2,1-2H3. The molecule has 1 atom stereocenters. The average molecular weight is 240 g/mol. The van der Waals surface area contributed by atoms with E-state index in [-0.39, 0.29) is 11.5 Å². The Balaban J connectivity index is 2.71. The maximum absolute atomic E-state index is 10.9. The second-order valence-electron chi connectivity index (χ2n) is 3.36. The normalized spacial score (nSPS) is 12.1. The SMILES string of the molecule is CCONCC(c1ccc(OC)cc1)[N+](=O)[O-]. The first kappa shape index (κ1) is 13.4. The number of methoxy groups -OCH3 is 1. The Morgan fingerprint density at radius 1 is 1.41 bits per heavy atom. The zero-order valence-electron chi connectivity index (χ0n) is 9.88. The lowest BCUT2D eigenvalue weighted by Crippen LogP contribution is -2.26. The smallest absolute Gasteiger partial charge is 0.252 e. The topological polar surface area (TPSA) is 73.6 Å². The van der Waals surface area contributed by atoms with Crippen molar-refractivity contribution in [2.45, 2.75) is 13.0 Å². The minimum absolute atomic E-state index is 0.132. The van der Waals surface area contributed by atoms with Gasteiger partial charge >= 0.3 is 0 Å². The molecule has 0 saturated carbocycles. The van der Waals surface area contributed by atoms with E-state index in [2.05, 4.69) is 5.48 Å². The van der Waals surface area contributed by atoms with Gasteiger partial charge in [-0.05, 0) is 31.2 Å². The third kappa shape index (κ3) is 4.01. The fourth-order valence-electron chi connectivity index (χ4n) is 1.38. The van der Waals surface area contributed by atoms with Crippen LogP contribution in [-0.4, -0.2) is 25.2 Å². The molecule has 0 heterocycles. The van der Waals surface area contributed by atoms with E-state index in [0.29, 0.717) is 17.9 Å². The van der Waals surface area contributed by atoms with Gasteiger partial charge in [0.25, 0.3) is 6.04 Å². The maximum atomic E-state index is 10.9. The molecule has 6 nitrogen and oxygen atoms in total. The van der Waals surface area contributed by atoms with Gasteiger partial charge in [0.1, 0.15) is 5.75 Å². The highest BCUT2D eigenvalue weighted by Gasteiger charge is 2.22. The highest BCUT2D eigenvalue weighted by molar-refractivity contribution is 5.28. The molecular formula is C11H16N2O4. The summed E-state index contributed by atoms with van der Waals surface area (Å²) in [5, 5.41) is 10.9. The van der Waals surface area contributed by atoms with Crippen LogP contribution in [0, 0.1) is 10.1 Å². The summed E-state index contributed by atoms with van der Waals surface area (Å²) in [6.45, 7) is 2.40.